The Kier molecular flexibility index (Phi) is 4.28. The number of nitrogens with two attached hydrogens (primary N) is 1. The van der Waals surface area contributed by atoms with Gasteiger partial charge < -0.3 is 11.1 Å². The maximum atomic E-state index is 13.6. The number of anilines is 1. The first-order valence-electron chi connectivity index (χ1n) is 5.87. The van der Waals surface area contributed by atoms with Gasteiger partial charge in [0.15, 0.2) is 0 Å². The average molecular weight is 265 g/mol. The molecule has 96 valence electrons. The first-order chi connectivity index (χ1) is 8.70. The summed E-state index contributed by atoms with van der Waals surface area (Å²) in [5.41, 5.74) is 6.59. The molecule has 0 aliphatic heterocycles. The van der Waals surface area contributed by atoms with Crippen LogP contribution in [0.1, 0.15) is 30.0 Å². The summed E-state index contributed by atoms with van der Waals surface area (Å²) in [6, 6.07) is 4.94. The molecule has 0 spiro atoms. The summed E-state index contributed by atoms with van der Waals surface area (Å²) in [6.45, 7) is 2.56. The number of halogens is 1. The molecule has 2 rings (SSSR count). The van der Waals surface area contributed by atoms with Gasteiger partial charge in [-0.05, 0) is 18.6 Å². The van der Waals surface area contributed by atoms with Crippen LogP contribution < -0.4 is 11.1 Å². The Morgan fingerprint density at radius 3 is 2.94 bits per heavy atom. The van der Waals surface area contributed by atoms with Crippen LogP contribution in [0.4, 0.5) is 10.1 Å². The lowest BCUT2D eigenvalue weighted by Gasteiger charge is -2.14. The summed E-state index contributed by atoms with van der Waals surface area (Å²) in [5, 5.41) is 6.30. The molecular weight excluding hydrogens is 249 g/mol. The Labute approximate surface area is 110 Å². The SMILES string of the molecule is CCC(NCc1ccc(N)cc1F)c1nccs1. The van der Waals surface area contributed by atoms with Crippen LogP contribution in [0.15, 0.2) is 29.8 Å². The van der Waals surface area contributed by atoms with Gasteiger partial charge in [-0.1, -0.05) is 13.0 Å². The topological polar surface area (TPSA) is 50.9 Å². The van der Waals surface area contributed by atoms with Gasteiger partial charge in [-0.25, -0.2) is 9.37 Å². The van der Waals surface area contributed by atoms with E-state index in [1.165, 1.54) is 6.07 Å². The van der Waals surface area contributed by atoms with Gasteiger partial charge >= 0.3 is 0 Å². The summed E-state index contributed by atoms with van der Waals surface area (Å²) in [5.74, 6) is -0.267. The molecule has 1 aromatic heterocycles. The van der Waals surface area contributed by atoms with Crippen molar-refractivity contribution in [1.82, 2.24) is 10.3 Å². The number of aromatic nitrogens is 1. The first-order valence-corrected chi connectivity index (χ1v) is 6.75. The van der Waals surface area contributed by atoms with E-state index >= 15 is 0 Å². The predicted octanol–water partition coefficient (Wildman–Crippen LogP) is 3.11. The zero-order valence-electron chi connectivity index (χ0n) is 10.2. The number of nitrogen functional groups attached to an aromatic ring is 1. The molecule has 1 unspecified atom stereocenters. The van der Waals surface area contributed by atoms with Gasteiger partial charge in [0.25, 0.3) is 0 Å². The van der Waals surface area contributed by atoms with Crippen LogP contribution in [0.5, 0.6) is 0 Å². The summed E-state index contributed by atoms with van der Waals surface area (Å²) in [6.07, 6.45) is 2.71. The van der Waals surface area contributed by atoms with Crippen LogP contribution in [-0.4, -0.2) is 4.98 Å². The highest BCUT2D eigenvalue weighted by atomic mass is 32.1. The fraction of sp³-hybridized carbons (Fsp3) is 0.308. The monoisotopic (exact) mass is 265 g/mol. The predicted molar refractivity (Wildman–Crippen MR) is 72.8 cm³/mol. The minimum Gasteiger partial charge on any atom is -0.399 e. The van der Waals surface area contributed by atoms with E-state index in [2.05, 4.69) is 17.2 Å². The second kappa shape index (κ2) is 5.93. The highest BCUT2D eigenvalue weighted by molar-refractivity contribution is 7.09. The van der Waals surface area contributed by atoms with Crippen molar-refractivity contribution >= 4 is 17.0 Å². The number of thiazole rings is 1. The molecule has 3 nitrogen and oxygen atoms in total. The van der Waals surface area contributed by atoms with Crippen LogP contribution in [-0.2, 0) is 6.54 Å². The van der Waals surface area contributed by atoms with Crippen molar-refractivity contribution in [2.75, 3.05) is 5.73 Å². The normalized spacial score (nSPS) is 12.6. The van der Waals surface area contributed by atoms with Gasteiger partial charge in [-0.2, -0.15) is 0 Å². The number of nitrogens with zero attached hydrogens (tertiary/aromatic N) is 1. The van der Waals surface area contributed by atoms with E-state index in [4.69, 9.17) is 5.73 Å². The molecule has 3 N–H and O–H groups in total. The van der Waals surface area contributed by atoms with E-state index in [-0.39, 0.29) is 11.9 Å². The van der Waals surface area contributed by atoms with Crippen LogP contribution in [0.3, 0.4) is 0 Å². The third kappa shape index (κ3) is 3.05. The van der Waals surface area contributed by atoms with Crippen molar-refractivity contribution in [2.45, 2.75) is 25.9 Å². The molecule has 0 saturated heterocycles. The zero-order chi connectivity index (χ0) is 13.0. The minimum absolute atomic E-state index is 0.168. The molecule has 0 amide bonds. The van der Waals surface area contributed by atoms with Crippen molar-refractivity contribution in [2.24, 2.45) is 0 Å². The Balaban J connectivity index is 2.02. The van der Waals surface area contributed by atoms with E-state index in [1.54, 1.807) is 29.7 Å². The number of benzene rings is 1. The Morgan fingerprint density at radius 1 is 1.50 bits per heavy atom. The highest BCUT2D eigenvalue weighted by Crippen LogP contribution is 2.20. The van der Waals surface area contributed by atoms with Gasteiger partial charge in [-0.3, -0.25) is 0 Å². The summed E-state index contributed by atoms with van der Waals surface area (Å²) in [7, 11) is 0. The van der Waals surface area contributed by atoms with Crippen molar-refractivity contribution < 1.29 is 4.39 Å². The van der Waals surface area contributed by atoms with Crippen molar-refractivity contribution in [3.8, 4) is 0 Å². The number of hydrogen-bond donors (Lipinski definition) is 2. The van der Waals surface area contributed by atoms with Gasteiger partial charge in [0.2, 0.25) is 0 Å². The zero-order valence-corrected chi connectivity index (χ0v) is 11.0. The molecule has 0 aliphatic carbocycles. The molecule has 0 fully saturated rings. The maximum Gasteiger partial charge on any atom is 0.129 e. The Hall–Kier alpha value is -1.46. The third-order valence-corrected chi connectivity index (χ3v) is 3.66. The van der Waals surface area contributed by atoms with Gasteiger partial charge in [0.05, 0.1) is 6.04 Å². The van der Waals surface area contributed by atoms with Crippen LogP contribution in [0, 0.1) is 5.82 Å². The Morgan fingerprint density at radius 2 is 2.33 bits per heavy atom. The van der Waals surface area contributed by atoms with E-state index in [9.17, 15) is 4.39 Å². The highest BCUT2D eigenvalue weighted by Gasteiger charge is 2.12. The molecule has 0 aliphatic rings. The molecule has 5 heteroatoms. The van der Waals surface area contributed by atoms with Crippen molar-refractivity contribution in [3.63, 3.8) is 0 Å². The summed E-state index contributed by atoms with van der Waals surface area (Å²) >= 11 is 1.61. The van der Waals surface area contributed by atoms with Gasteiger partial charge in [-0.15, -0.1) is 11.3 Å². The summed E-state index contributed by atoms with van der Waals surface area (Å²) < 4.78 is 13.6. The number of nitrogens with one attached hydrogen (secondary N) is 1. The van der Waals surface area contributed by atoms with Crippen LogP contribution in [0.2, 0.25) is 0 Å². The van der Waals surface area contributed by atoms with Crippen LogP contribution in [0.25, 0.3) is 0 Å². The molecule has 1 heterocycles. The smallest absolute Gasteiger partial charge is 0.129 e. The largest absolute Gasteiger partial charge is 0.399 e. The summed E-state index contributed by atoms with van der Waals surface area (Å²) in [4.78, 5) is 4.28. The second-order valence-electron chi connectivity index (χ2n) is 4.06. The van der Waals surface area contributed by atoms with Gasteiger partial charge in [0.1, 0.15) is 10.8 Å². The van der Waals surface area contributed by atoms with E-state index in [0.717, 1.165) is 11.4 Å². The van der Waals surface area contributed by atoms with Crippen molar-refractivity contribution in [3.05, 3.63) is 46.2 Å². The second-order valence-corrected chi connectivity index (χ2v) is 4.99. The van der Waals surface area contributed by atoms with Crippen LogP contribution >= 0.6 is 11.3 Å². The van der Waals surface area contributed by atoms with Gasteiger partial charge in [0, 0.05) is 29.4 Å². The fourth-order valence-electron chi connectivity index (χ4n) is 1.75. The number of rotatable bonds is 5. The molecular formula is C13H16FN3S. The maximum absolute atomic E-state index is 13.6. The quantitative estimate of drug-likeness (QED) is 0.817. The molecule has 0 radical (unpaired) electrons. The van der Waals surface area contributed by atoms with E-state index < -0.39 is 0 Å². The number of hydrogen-bond acceptors (Lipinski definition) is 4. The lowest BCUT2D eigenvalue weighted by molar-refractivity contribution is 0.502. The fourth-order valence-corrected chi connectivity index (χ4v) is 2.55. The molecule has 0 saturated carbocycles. The molecule has 0 bridgehead atoms. The third-order valence-electron chi connectivity index (χ3n) is 2.77. The minimum atomic E-state index is -0.267. The standard InChI is InChI=1S/C13H16FN3S/c1-2-12(13-16-5-6-18-13)17-8-9-3-4-10(15)7-11(9)14/h3-7,12,17H,2,8,15H2,1H3. The van der Waals surface area contributed by atoms with E-state index in [0.29, 0.717) is 17.8 Å². The Bertz CT molecular complexity index is 499. The lowest BCUT2D eigenvalue weighted by Crippen LogP contribution is -2.20. The molecule has 2 aromatic rings. The van der Waals surface area contributed by atoms with Crippen molar-refractivity contribution in [1.29, 1.82) is 0 Å². The average Bonchev–Trinajstić information content (AvgIpc) is 2.86. The molecule has 1 atom stereocenters. The lowest BCUT2D eigenvalue weighted by atomic mass is 10.1. The molecule has 1 aromatic carbocycles. The van der Waals surface area contributed by atoms with E-state index in [1.807, 2.05) is 5.38 Å². The first kappa shape index (κ1) is 13.0. The molecule has 18 heavy (non-hydrogen) atoms.